The number of halogens is 1. The van der Waals surface area contributed by atoms with Gasteiger partial charge in [-0.05, 0) is 44.4 Å². The number of hydrogen-bond donors (Lipinski definition) is 0. The van der Waals surface area contributed by atoms with Gasteiger partial charge in [0.1, 0.15) is 18.4 Å². The van der Waals surface area contributed by atoms with Gasteiger partial charge in [0, 0.05) is 12.5 Å². The molecule has 0 aromatic carbocycles. The lowest BCUT2D eigenvalue weighted by Crippen LogP contribution is -2.32. The van der Waals surface area contributed by atoms with Crippen LogP contribution in [0.5, 0.6) is 0 Å². The number of ether oxygens (including phenoxy) is 3. The minimum Gasteiger partial charge on any atom is -0.462 e. The molecule has 0 aromatic rings. The van der Waals surface area contributed by atoms with Crippen LogP contribution in [0.1, 0.15) is 64.7 Å². The van der Waals surface area contributed by atoms with Crippen molar-refractivity contribution in [1.29, 1.82) is 0 Å². The van der Waals surface area contributed by atoms with E-state index in [1.165, 1.54) is 0 Å². The molecule has 142 valence electrons. The fourth-order valence-electron chi connectivity index (χ4n) is 4.20. The number of allylic oxidation sites excluding steroid dienone is 1. The minimum absolute atomic E-state index is 0.0597. The Labute approximate surface area is 150 Å². The summed E-state index contributed by atoms with van der Waals surface area (Å²) in [4.78, 5) is 11.5. The molecule has 0 aromatic heterocycles. The predicted octanol–water partition coefficient (Wildman–Crippen LogP) is 4.32. The molecule has 5 heteroatoms. The van der Waals surface area contributed by atoms with Crippen molar-refractivity contribution >= 4 is 5.97 Å². The Morgan fingerprint density at radius 2 is 2.20 bits per heavy atom. The van der Waals surface area contributed by atoms with Crippen LogP contribution in [-0.2, 0) is 19.0 Å². The van der Waals surface area contributed by atoms with Crippen LogP contribution < -0.4 is 0 Å². The molecule has 1 aliphatic carbocycles. The zero-order valence-electron chi connectivity index (χ0n) is 15.2. The minimum atomic E-state index is -1.01. The van der Waals surface area contributed by atoms with Gasteiger partial charge in [-0.25, -0.2) is 4.39 Å². The fourth-order valence-corrected chi connectivity index (χ4v) is 4.20. The van der Waals surface area contributed by atoms with Crippen molar-refractivity contribution in [2.45, 2.75) is 89.4 Å². The molecule has 2 aliphatic heterocycles. The van der Waals surface area contributed by atoms with Crippen molar-refractivity contribution in [3.63, 3.8) is 0 Å². The number of hydrogen-bond acceptors (Lipinski definition) is 4. The number of carbonyl (C=O) groups is 1. The molecule has 2 saturated heterocycles. The summed E-state index contributed by atoms with van der Waals surface area (Å²) < 4.78 is 31.6. The molecule has 25 heavy (non-hydrogen) atoms. The summed E-state index contributed by atoms with van der Waals surface area (Å²) in [5.74, 6) is 0.444. The smallest absolute Gasteiger partial charge is 0.306 e. The number of alkyl halides is 1. The summed E-state index contributed by atoms with van der Waals surface area (Å²) >= 11 is 0. The molecular formula is C20H31FO4. The molecule has 0 amide bonds. The van der Waals surface area contributed by atoms with E-state index in [1.54, 1.807) is 0 Å². The van der Waals surface area contributed by atoms with Crippen LogP contribution in [0.15, 0.2) is 12.2 Å². The molecule has 0 bridgehead atoms. The highest BCUT2D eigenvalue weighted by atomic mass is 19.1. The van der Waals surface area contributed by atoms with E-state index in [9.17, 15) is 9.18 Å². The van der Waals surface area contributed by atoms with Crippen LogP contribution in [0.4, 0.5) is 4.39 Å². The molecule has 3 aliphatic rings. The summed E-state index contributed by atoms with van der Waals surface area (Å²) in [6.07, 6.45) is 9.84. The number of rotatable bonds is 8. The van der Waals surface area contributed by atoms with E-state index in [1.807, 2.05) is 6.08 Å². The maximum absolute atomic E-state index is 14.7. The van der Waals surface area contributed by atoms with Gasteiger partial charge < -0.3 is 14.2 Å². The van der Waals surface area contributed by atoms with E-state index in [0.717, 1.165) is 44.9 Å². The predicted molar refractivity (Wildman–Crippen MR) is 92.7 cm³/mol. The van der Waals surface area contributed by atoms with E-state index in [4.69, 9.17) is 14.2 Å². The topological polar surface area (TPSA) is 44.8 Å². The van der Waals surface area contributed by atoms with E-state index >= 15 is 0 Å². The molecule has 3 fully saturated rings. The first-order valence-corrected chi connectivity index (χ1v) is 9.96. The van der Waals surface area contributed by atoms with Crippen LogP contribution in [0.3, 0.4) is 0 Å². The Morgan fingerprint density at radius 1 is 1.32 bits per heavy atom. The van der Waals surface area contributed by atoms with Crippen LogP contribution in [0.2, 0.25) is 0 Å². The van der Waals surface area contributed by atoms with Crippen molar-refractivity contribution in [2.75, 3.05) is 6.61 Å². The monoisotopic (exact) mass is 354 g/mol. The molecule has 4 nitrogen and oxygen atoms in total. The molecule has 0 N–H and O–H groups in total. The number of unbranched alkanes of at least 4 members (excludes halogenated alkanes) is 1. The summed E-state index contributed by atoms with van der Waals surface area (Å²) in [5, 5.41) is 0. The van der Waals surface area contributed by atoms with Crippen LogP contribution in [0, 0.1) is 11.8 Å². The second-order valence-corrected chi connectivity index (χ2v) is 7.58. The second-order valence-electron chi connectivity index (χ2n) is 7.58. The first-order valence-electron chi connectivity index (χ1n) is 9.96. The van der Waals surface area contributed by atoms with Gasteiger partial charge in [-0.3, -0.25) is 4.79 Å². The standard InChI is InChI=1S/C20H31FO4/c1-2-3-6-16(21)18(25-20-7-4-5-12-23-20)11-9-14-8-10-17-15(14)13-19(22)24-17/h9,11,14-18,20H,2-8,10,12-13H2,1H3/b11-9+. The lowest BCUT2D eigenvalue weighted by atomic mass is 9.92. The summed E-state index contributed by atoms with van der Waals surface area (Å²) in [5.41, 5.74) is 0. The zero-order valence-corrected chi connectivity index (χ0v) is 15.2. The van der Waals surface area contributed by atoms with Gasteiger partial charge in [-0.15, -0.1) is 0 Å². The molecule has 2 heterocycles. The summed E-state index contributed by atoms with van der Waals surface area (Å²) in [6, 6.07) is 0. The molecule has 1 saturated carbocycles. The average Bonchev–Trinajstić information content (AvgIpc) is 3.16. The van der Waals surface area contributed by atoms with Gasteiger partial charge in [0.15, 0.2) is 6.29 Å². The largest absolute Gasteiger partial charge is 0.462 e. The van der Waals surface area contributed by atoms with Gasteiger partial charge in [0.25, 0.3) is 0 Å². The number of esters is 1. The SMILES string of the molecule is CCCCC(F)C(/C=C/C1CCC2OC(=O)CC12)OC1CCCCO1. The first-order chi connectivity index (χ1) is 12.2. The Balaban J connectivity index is 1.60. The third-order valence-corrected chi connectivity index (χ3v) is 5.68. The highest BCUT2D eigenvalue weighted by Gasteiger charge is 2.43. The van der Waals surface area contributed by atoms with E-state index in [-0.39, 0.29) is 30.2 Å². The highest BCUT2D eigenvalue weighted by molar-refractivity contribution is 5.72. The number of fused-ring (bicyclic) bond motifs is 1. The first kappa shape index (κ1) is 18.8. The number of carbonyl (C=O) groups excluding carboxylic acids is 1. The maximum Gasteiger partial charge on any atom is 0.306 e. The van der Waals surface area contributed by atoms with Crippen LogP contribution in [-0.4, -0.2) is 37.2 Å². The summed E-state index contributed by atoms with van der Waals surface area (Å²) in [7, 11) is 0. The Hall–Kier alpha value is -0.940. The van der Waals surface area contributed by atoms with Crippen molar-refractivity contribution < 1.29 is 23.4 Å². The van der Waals surface area contributed by atoms with Crippen LogP contribution in [0.25, 0.3) is 0 Å². The molecule has 0 radical (unpaired) electrons. The van der Waals surface area contributed by atoms with Gasteiger partial charge in [0.05, 0.1) is 6.42 Å². The van der Waals surface area contributed by atoms with E-state index in [0.29, 0.717) is 19.4 Å². The lowest BCUT2D eigenvalue weighted by Gasteiger charge is -2.28. The lowest BCUT2D eigenvalue weighted by molar-refractivity contribution is -0.189. The molecule has 3 rings (SSSR count). The molecule has 0 spiro atoms. The Kier molecular flexibility index (Phi) is 6.88. The fraction of sp³-hybridized carbons (Fsp3) is 0.850. The van der Waals surface area contributed by atoms with Crippen molar-refractivity contribution in [3.05, 3.63) is 12.2 Å². The normalized spacial score (nSPS) is 34.9. The molecule has 6 unspecified atom stereocenters. The van der Waals surface area contributed by atoms with E-state index < -0.39 is 12.3 Å². The molecular weight excluding hydrogens is 323 g/mol. The second kappa shape index (κ2) is 9.13. The Bertz CT molecular complexity index is 461. The summed E-state index contributed by atoms with van der Waals surface area (Å²) in [6.45, 7) is 2.76. The van der Waals surface area contributed by atoms with Gasteiger partial charge in [-0.1, -0.05) is 31.9 Å². The van der Waals surface area contributed by atoms with Crippen molar-refractivity contribution in [1.82, 2.24) is 0 Å². The third-order valence-electron chi connectivity index (χ3n) is 5.68. The molecule has 6 atom stereocenters. The third kappa shape index (κ3) is 5.04. The van der Waals surface area contributed by atoms with Crippen molar-refractivity contribution in [2.24, 2.45) is 11.8 Å². The van der Waals surface area contributed by atoms with Gasteiger partial charge in [0.2, 0.25) is 0 Å². The highest BCUT2D eigenvalue weighted by Crippen LogP contribution is 2.42. The van der Waals surface area contributed by atoms with Crippen LogP contribution >= 0.6 is 0 Å². The maximum atomic E-state index is 14.7. The van der Waals surface area contributed by atoms with Gasteiger partial charge in [-0.2, -0.15) is 0 Å². The average molecular weight is 354 g/mol. The quantitative estimate of drug-likeness (QED) is 0.481. The van der Waals surface area contributed by atoms with Gasteiger partial charge >= 0.3 is 5.97 Å². The zero-order chi connectivity index (χ0) is 17.6. The van der Waals surface area contributed by atoms with E-state index in [2.05, 4.69) is 13.0 Å². The Morgan fingerprint density at radius 3 is 2.96 bits per heavy atom. The van der Waals surface area contributed by atoms with Crippen molar-refractivity contribution in [3.8, 4) is 0 Å².